The molecule has 0 aliphatic heterocycles. The summed E-state index contributed by atoms with van der Waals surface area (Å²) < 4.78 is 15.9. The number of hydrogen-bond acceptors (Lipinski definition) is 5. The van der Waals surface area contributed by atoms with E-state index in [1.807, 2.05) is 31.2 Å². The Balaban J connectivity index is 2.97. The first-order valence-corrected chi connectivity index (χ1v) is 5.78. The third-order valence-electron chi connectivity index (χ3n) is 2.90. The molecule has 1 unspecified atom stereocenters. The quantitative estimate of drug-likeness (QED) is 0.721. The molecular weight excluding hydrogens is 232 g/mol. The Morgan fingerprint density at radius 2 is 1.83 bits per heavy atom. The summed E-state index contributed by atoms with van der Waals surface area (Å²) >= 11 is 0. The zero-order valence-corrected chi connectivity index (χ0v) is 11.4. The summed E-state index contributed by atoms with van der Waals surface area (Å²) in [6.07, 6.45) is -0.451. The third-order valence-corrected chi connectivity index (χ3v) is 2.90. The molecule has 0 aliphatic carbocycles. The molecule has 0 saturated heterocycles. The van der Waals surface area contributed by atoms with Crippen LogP contribution in [0.5, 0.6) is 5.75 Å². The molecule has 0 aromatic heterocycles. The van der Waals surface area contributed by atoms with Crippen LogP contribution in [0.2, 0.25) is 0 Å². The lowest BCUT2D eigenvalue weighted by Crippen LogP contribution is -2.54. The fraction of sp³-hybridized carbons (Fsp3) is 0.538. The maximum absolute atomic E-state index is 5.84. The molecule has 1 atom stereocenters. The number of benzene rings is 1. The molecular formula is C13H22N2O3. The summed E-state index contributed by atoms with van der Waals surface area (Å²) in [5.41, 5.74) is 6.15. The monoisotopic (exact) mass is 254 g/mol. The molecule has 18 heavy (non-hydrogen) atoms. The minimum Gasteiger partial charge on any atom is -0.495 e. The van der Waals surface area contributed by atoms with Crippen molar-refractivity contribution in [2.45, 2.75) is 18.8 Å². The molecule has 0 aliphatic rings. The van der Waals surface area contributed by atoms with E-state index < -0.39 is 11.8 Å². The maximum atomic E-state index is 5.84. The van der Waals surface area contributed by atoms with Gasteiger partial charge in [-0.25, -0.2) is 0 Å². The molecule has 5 nitrogen and oxygen atoms in total. The Morgan fingerprint density at radius 3 is 2.33 bits per heavy atom. The van der Waals surface area contributed by atoms with Crippen molar-refractivity contribution >= 4 is 5.69 Å². The highest BCUT2D eigenvalue weighted by Crippen LogP contribution is 2.28. The Morgan fingerprint density at radius 1 is 1.22 bits per heavy atom. The molecule has 0 fully saturated rings. The van der Waals surface area contributed by atoms with Crippen LogP contribution in [0.15, 0.2) is 24.3 Å². The molecule has 102 valence electrons. The SMILES string of the molecule is COc1ccccc1NC(C)(CN)C(OC)OC. The Bertz CT molecular complexity index is 369. The number of anilines is 1. The molecule has 0 heterocycles. The van der Waals surface area contributed by atoms with E-state index in [0.29, 0.717) is 6.54 Å². The fourth-order valence-electron chi connectivity index (χ4n) is 1.88. The number of hydrogen-bond donors (Lipinski definition) is 2. The Kier molecular flexibility index (Phi) is 5.40. The van der Waals surface area contributed by atoms with Crippen molar-refractivity contribution in [2.75, 3.05) is 33.2 Å². The van der Waals surface area contributed by atoms with E-state index in [-0.39, 0.29) is 0 Å². The van der Waals surface area contributed by atoms with E-state index in [4.69, 9.17) is 19.9 Å². The van der Waals surface area contributed by atoms with E-state index in [1.165, 1.54) is 0 Å². The standard InChI is InChI=1S/C13H22N2O3/c1-13(9-14,12(17-3)18-4)15-10-7-5-6-8-11(10)16-2/h5-8,12,15H,9,14H2,1-4H3. The lowest BCUT2D eigenvalue weighted by Gasteiger charge is -2.36. The average molecular weight is 254 g/mol. The number of ether oxygens (including phenoxy) is 3. The number of nitrogens with one attached hydrogen (secondary N) is 1. The molecule has 3 N–H and O–H groups in total. The molecule has 0 spiro atoms. The summed E-state index contributed by atoms with van der Waals surface area (Å²) in [7, 11) is 4.81. The smallest absolute Gasteiger partial charge is 0.180 e. The second-order valence-corrected chi connectivity index (χ2v) is 4.25. The van der Waals surface area contributed by atoms with Crippen LogP contribution < -0.4 is 15.8 Å². The summed E-state index contributed by atoms with van der Waals surface area (Å²) in [6, 6.07) is 7.65. The third kappa shape index (κ3) is 3.13. The van der Waals surface area contributed by atoms with Crippen LogP contribution in [0, 0.1) is 0 Å². The van der Waals surface area contributed by atoms with Gasteiger partial charge in [0.25, 0.3) is 0 Å². The first kappa shape index (κ1) is 14.8. The Labute approximate surface area is 108 Å². The molecule has 5 heteroatoms. The van der Waals surface area contributed by atoms with Crippen LogP contribution in [0.4, 0.5) is 5.69 Å². The van der Waals surface area contributed by atoms with Crippen molar-refractivity contribution in [3.05, 3.63) is 24.3 Å². The minimum atomic E-state index is -0.544. The van der Waals surface area contributed by atoms with E-state index in [2.05, 4.69) is 5.32 Å². The molecule has 1 rings (SSSR count). The lowest BCUT2D eigenvalue weighted by molar-refractivity contribution is -0.134. The first-order valence-electron chi connectivity index (χ1n) is 5.78. The highest BCUT2D eigenvalue weighted by atomic mass is 16.7. The number of methoxy groups -OCH3 is 3. The lowest BCUT2D eigenvalue weighted by atomic mass is 10.0. The van der Waals surface area contributed by atoms with E-state index >= 15 is 0 Å². The van der Waals surface area contributed by atoms with Crippen molar-refractivity contribution in [3.8, 4) is 5.75 Å². The summed E-state index contributed by atoms with van der Waals surface area (Å²) in [4.78, 5) is 0. The summed E-state index contributed by atoms with van der Waals surface area (Å²) in [5.74, 6) is 0.753. The van der Waals surface area contributed by atoms with Crippen molar-refractivity contribution in [1.29, 1.82) is 0 Å². The van der Waals surface area contributed by atoms with Crippen LogP contribution in [-0.4, -0.2) is 39.7 Å². The van der Waals surface area contributed by atoms with Gasteiger partial charge in [-0.1, -0.05) is 12.1 Å². The van der Waals surface area contributed by atoms with Gasteiger partial charge in [-0.05, 0) is 19.1 Å². The predicted octanol–water partition coefficient (Wildman–Crippen LogP) is 1.44. The maximum Gasteiger partial charge on any atom is 0.180 e. The first-order chi connectivity index (χ1) is 8.61. The van der Waals surface area contributed by atoms with Crippen molar-refractivity contribution < 1.29 is 14.2 Å². The topological polar surface area (TPSA) is 65.7 Å². The normalized spacial score (nSPS) is 14.3. The highest BCUT2D eigenvalue weighted by Gasteiger charge is 2.34. The van der Waals surface area contributed by atoms with Gasteiger partial charge in [0.2, 0.25) is 0 Å². The number of nitrogens with two attached hydrogens (primary N) is 1. The van der Waals surface area contributed by atoms with E-state index in [1.54, 1.807) is 21.3 Å². The molecule has 0 bridgehead atoms. The van der Waals surface area contributed by atoms with Crippen LogP contribution in [-0.2, 0) is 9.47 Å². The van der Waals surface area contributed by atoms with Crippen molar-refractivity contribution in [1.82, 2.24) is 0 Å². The highest BCUT2D eigenvalue weighted by molar-refractivity contribution is 5.57. The van der Waals surface area contributed by atoms with Crippen LogP contribution in [0.1, 0.15) is 6.92 Å². The second kappa shape index (κ2) is 6.58. The molecule has 1 aromatic rings. The van der Waals surface area contributed by atoms with Gasteiger partial charge in [0.05, 0.1) is 18.3 Å². The summed E-state index contributed by atoms with van der Waals surface area (Å²) in [6.45, 7) is 2.30. The second-order valence-electron chi connectivity index (χ2n) is 4.25. The van der Waals surface area contributed by atoms with E-state index in [0.717, 1.165) is 11.4 Å². The largest absolute Gasteiger partial charge is 0.495 e. The van der Waals surface area contributed by atoms with Gasteiger partial charge in [0, 0.05) is 20.8 Å². The van der Waals surface area contributed by atoms with Crippen LogP contribution in [0.3, 0.4) is 0 Å². The van der Waals surface area contributed by atoms with Gasteiger partial charge in [0.15, 0.2) is 6.29 Å². The minimum absolute atomic E-state index is 0.359. The van der Waals surface area contributed by atoms with Gasteiger partial charge in [-0.15, -0.1) is 0 Å². The molecule has 0 amide bonds. The predicted molar refractivity (Wildman–Crippen MR) is 71.9 cm³/mol. The van der Waals surface area contributed by atoms with E-state index in [9.17, 15) is 0 Å². The van der Waals surface area contributed by atoms with Crippen molar-refractivity contribution in [2.24, 2.45) is 5.73 Å². The zero-order chi connectivity index (χ0) is 13.6. The van der Waals surface area contributed by atoms with Crippen molar-refractivity contribution in [3.63, 3.8) is 0 Å². The van der Waals surface area contributed by atoms with Gasteiger partial charge in [0.1, 0.15) is 5.75 Å². The van der Waals surface area contributed by atoms with Crippen LogP contribution >= 0.6 is 0 Å². The average Bonchev–Trinajstić information content (AvgIpc) is 2.40. The fourth-order valence-corrected chi connectivity index (χ4v) is 1.88. The molecule has 1 aromatic carbocycles. The molecule has 0 saturated carbocycles. The van der Waals surface area contributed by atoms with Crippen LogP contribution in [0.25, 0.3) is 0 Å². The molecule has 0 radical (unpaired) electrons. The summed E-state index contributed by atoms with van der Waals surface area (Å²) in [5, 5.41) is 3.33. The van der Waals surface area contributed by atoms with Gasteiger partial charge < -0.3 is 25.3 Å². The zero-order valence-electron chi connectivity index (χ0n) is 11.4. The van der Waals surface area contributed by atoms with Gasteiger partial charge in [-0.3, -0.25) is 0 Å². The number of rotatable bonds is 7. The van der Waals surface area contributed by atoms with Gasteiger partial charge >= 0.3 is 0 Å². The van der Waals surface area contributed by atoms with Gasteiger partial charge in [-0.2, -0.15) is 0 Å². The number of para-hydroxylation sites is 2. The Hall–Kier alpha value is -1.30.